The number of carbonyl (C=O) groups excluding carboxylic acids is 1. The van der Waals surface area contributed by atoms with Gasteiger partial charge in [0, 0.05) is 6.61 Å². The Kier molecular flexibility index (Phi) is 4.95. The van der Waals surface area contributed by atoms with E-state index in [2.05, 4.69) is 10.5 Å². The van der Waals surface area contributed by atoms with E-state index in [9.17, 15) is 4.79 Å². The Morgan fingerprint density at radius 1 is 1.61 bits per heavy atom. The van der Waals surface area contributed by atoms with Gasteiger partial charge >= 0.3 is 0 Å². The van der Waals surface area contributed by atoms with Gasteiger partial charge in [-0.25, -0.2) is 0 Å². The second kappa shape index (κ2) is 6.04. The summed E-state index contributed by atoms with van der Waals surface area (Å²) < 4.78 is 5.50. The van der Waals surface area contributed by atoms with Crippen LogP contribution in [0.25, 0.3) is 0 Å². The molecule has 0 aromatic rings. The first kappa shape index (κ1) is 14.8. The predicted octanol–water partition coefficient (Wildman–Crippen LogP) is 0.833. The number of nitrogens with one attached hydrogen (secondary N) is 1. The van der Waals surface area contributed by atoms with Gasteiger partial charge in [-0.2, -0.15) is 0 Å². The van der Waals surface area contributed by atoms with Crippen molar-refractivity contribution in [1.29, 1.82) is 0 Å². The molecule has 0 spiro atoms. The van der Waals surface area contributed by atoms with Gasteiger partial charge in [0.15, 0.2) is 5.84 Å². The minimum absolute atomic E-state index is 0.0188. The Balaban J connectivity index is 2.73. The second-order valence-corrected chi connectivity index (χ2v) is 4.87. The van der Waals surface area contributed by atoms with Gasteiger partial charge in [-0.1, -0.05) is 19.0 Å². The van der Waals surface area contributed by atoms with Crippen molar-refractivity contribution >= 4 is 11.7 Å². The number of hydrogen-bond acceptors (Lipinski definition) is 4. The average molecular weight is 257 g/mol. The lowest BCUT2D eigenvalue weighted by molar-refractivity contribution is -0.127. The van der Waals surface area contributed by atoms with Crippen LogP contribution >= 0.6 is 0 Å². The molecule has 1 heterocycles. The number of carbonyl (C=O) groups is 1. The van der Waals surface area contributed by atoms with E-state index in [0.29, 0.717) is 13.0 Å². The molecule has 1 rings (SSSR count). The minimum atomic E-state index is -0.813. The average Bonchev–Trinajstić information content (AvgIpc) is 2.85. The molecule has 0 radical (unpaired) electrons. The molecule has 0 aromatic carbocycles. The van der Waals surface area contributed by atoms with Crippen LogP contribution in [0.3, 0.4) is 0 Å². The monoisotopic (exact) mass is 257 g/mol. The quantitative estimate of drug-likeness (QED) is 0.294. The minimum Gasteiger partial charge on any atom is -0.409 e. The molecule has 18 heavy (non-hydrogen) atoms. The van der Waals surface area contributed by atoms with Gasteiger partial charge in [-0.15, -0.1) is 0 Å². The highest BCUT2D eigenvalue weighted by molar-refractivity contribution is 5.94. The zero-order valence-electron chi connectivity index (χ0n) is 11.3. The number of amides is 1. The van der Waals surface area contributed by atoms with Crippen molar-refractivity contribution in [2.24, 2.45) is 16.8 Å². The molecule has 1 fully saturated rings. The fourth-order valence-electron chi connectivity index (χ4n) is 2.16. The van der Waals surface area contributed by atoms with Gasteiger partial charge in [0.1, 0.15) is 0 Å². The largest absolute Gasteiger partial charge is 0.409 e. The van der Waals surface area contributed by atoms with Gasteiger partial charge < -0.3 is 21.0 Å². The lowest BCUT2D eigenvalue weighted by Crippen LogP contribution is -2.57. The summed E-state index contributed by atoms with van der Waals surface area (Å²) in [6.45, 7) is 6.24. The number of oxime groups is 1. The van der Waals surface area contributed by atoms with E-state index in [0.717, 1.165) is 12.8 Å². The van der Waals surface area contributed by atoms with Gasteiger partial charge in [-0.05, 0) is 26.2 Å². The molecule has 6 heteroatoms. The van der Waals surface area contributed by atoms with Crippen LogP contribution in [0.5, 0.6) is 0 Å². The van der Waals surface area contributed by atoms with Gasteiger partial charge in [0.2, 0.25) is 5.91 Å². The summed E-state index contributed by atoms with van der Waals surface area (Å²) in [5, 5.41) is 14.6. The molecule has 3 unspecified atom stereocenters. The maximum atomic E-state index is 12.2. The van der Waals surface area contributed by atoms with Crippen molar-refractivity contribution in [1.82, 2.24) is 5.32 Å². The highest BCUT2D eigenvalue weighted by atomic mass is 16.5. The summed E-state index contributed by atoms with van der Waals surface area (Å²) in [5.41, 5.74) is 4.82. The van der Waals surface area contributed by atoms with Crippen LogP contribution in [0, 0.1) is 5.92 Å². The van der Waals surface area contributed by atoms with Crippen LogP contribution in [0.15, 0.2) is 5.16 Å². The maximum Gasteiger partial charge on any atom is 0.226 e. The predicted molar refractivity (Wildman–Crippen MR) is 68.4 cm³/mol. The van der Waals surface area contributed by atoms with Crippen molar-refractivity contribution in [2.75, 3.05) is 6.61 Å². The van der Waals surface area contributed by atoms with E-state index in [1.807, 2.05) is 13.8 Å². The van der Waals surface area contributed by atoms with Crippen molar-refractivity contribution in [3.8, 4) is 0 Å². The fraction of sp³-hybridized carbons (Fsp3) is 0.833. The van der Waals surface area contributed by atoms with Crippen molar-refractivity contribution in [3.05, 3.63) is 0 Å². The lowest BCUT2D eigenvalue weighted by atomic mass is 9.93. The van der Waals surface area contributed by atoms with Crippen LogP contribution < -0.4 is 11.1 Å². The molecule has 1 amide bonds. The number of ether oxygens (including phenoxy) is 1. The summed E-state index contributed by atoms with van der Waals surface area (Å²) in [7, 11) is 0. The summed E-state index contributed by atoms with van der Waals surface area (Å²) in [4.78, 5) is 12.2. The van der Waals surface area contributed by atoms with Crippen molar-refractivity contribution in [3.63, 3.8) is 0 Å². The maximum absolute atomic E-state index is 12.2. The van der Waals surface area contributed by atoms with Gasteiger partial charge in [0.05, 0.1) is 17.6 Å². The van der Waals surface area contributed by atoms with Crippen LogP contribution in [-0.4, -0.2) is 35.2 Å². The van der Waals surface area contributed by atoms with Crippen LogP contribution in [0.4, 0.5) is 0 Å². The highest BCUT2D eigenvalue weighted by Crippen LogP contribution is 2.24. The molecule has 4 N–H and O–H groups in total. The van der Waals surface area contributed by atoms with Gasteiger partial charge in [0.25, 0.3) is 0 Å². The summed E-state index contributed by atoms with van der Waals surface area (Å²) in [6.07, 6.45) is 2.06. The molecule has 0 aromatic heterocycles. The topological polar surface area (TPSA) is 96.9 Å². The smallest absolute Gasteiger partial charge is 0.226 e. The SMILES string of the molecule is CCC1OCCC1C(=O)NC(C)(CC)C(N)=NO. The summed E-state index contributed by atoms with van der Waals surface area (Å²) >= 11 is 0. The standard InChI is InChI=1S/C12H23N3O3/c1-4-9-8(6-7-18-9)10(16)14-12(3,5-2)11(13)15-17/h8-9,17H,4-7H2,1-3H3,(H2,13,15)(H,14,16). The first-order valence-corrected chi connectivity index (χ1v) is 6.40. The second-order valence-electron chi connectivity index (χ2n) is 4.87. The molecule has 0 aliphatic carbocycles. The Bertz CT molecular complexity index is 333. The Labute approximate surface area is 108 Å². The zero-order chi connectivity index (χ0) is 13.8. The van der Waals surface area contributed by atoms with E-state index >= 15 is 0 Å². The third kappa shape index (κ3) is 2.93. The van der Waals surface area contributed by atoms with Crippen molar-refractivity contribution in [2.45, 2.75) is 51.7 Å². The molecule has 3 atom stereocenters. The van der Waals surface area contributed by atoms with E-state index in [4.69, 9.17) is 15.7 Å². The number of hydrogen-bond donors (Lipinski definition) is 3. The van der Waals surface area contributed by atoms with E-state index in [1.54, 1.807) is 6.92 Å². The molecule has 104 valence electrons. The molecule has 0 saturated carbocycles. The van der Waals surface area contributed by atoms with Crippen LogP contribution in [0.2, 0.25) is 0 Å². The number of rotatable bonds is 5. The number of amidine groups is 1. The molecule has 1 aliphatic heterocycles. The summed E-state index contributed by atoms with van der Waals surface area (Å²) in [6, 6.07) is 0. The fourth-order valence-corrected chi connectivity index (χ4v) is 2.16. The van der Waals surface area contributed by atoms with Gasteiger partial charge in [-0.3, -0.25) is 4.79 Å². The van der Waals surface area contributed by atoms with E-state index in [-0.39, 0.29) is 23.8 Å². The van der Waals surface area contributed by atoms with Crippen molar-refractivity contribution < 1.29 is 14.7 Å². The highest BCUT2D eigenvalue weighted by Gasteiger charge is 2.37. The molecular formula is C12H23N3O3. The zero-order valence-corrected chi connectivity index (χ0v) is 11.3. The summed E-state index contributed by atoms with van der Waals surface area (Å²) in [5.74, 6) is -0.215. The first-order chi connectivity index (χ1) is 8.48. The molecular weight excluding hydrogens is 234 g/mol. The van der Waals surface area contributed by atoms with Crippen LogP contribution in [-0.2, 0) is 9.53 Å². The molecule has 6 nitrogen and oxygen atoms in total. The van der Waals surface area contributed by atoms with E-state index < -0.39 is 5.54 Å². The third-order valence-corrected chi connectivity index (χ3v) is 3.73. The third-order valence-electron chi connectivity index (χ3n) is 3.73. The number of nitrogens with two attached hydrogens (primary N) is 1. The van der Waals surface area contributed by atoms with Crippen LogP contribution in [0.1, 0.15) is 40.0 Å². The Hall–Kier alpha value is -1.30. The normalized spacial score (nSPS) is 27.8. The molecule has 1 aliphatic rings. The van der Waals surface area contributed by atoms with E-state index in [1.165, 1.54) is 0 Å². The number of nitrogens with zero attached hydrogens (tertiary/aromatic N) is 1. The lowest BCUT2D eigenvalue weighted by Gasteiger charge is -2.30. The molecule has 1 saturated heterocycles. The Morgan fingerprint density at radius 2 is 2.28 bits per heavy atom. The first-order valence-electron chi connectivity index (χ1n) is 6.40. The Morgan fingerprint density at radius 3 is 2.78 bits per heavy atom. The molecule has 0 bridgehead atoms.